The van der Waals surface area contributed by atoms with Gasteiger partial charge in [-0.05, 0) is 47.8 Å². The lowest BCUT2D eigenvalue weighted by atomic mass is 10.2. The predicted molar refractivity (Wildman–Crippen MR) is 105 cm³/mol. The lowest BCUT2D eigenvalue weighted by Gasteiger charge is -2.10. The Morgan fingerprint density at radius 1 is 0.958 bits per heavy atom. The Bertz CT molecular complexity index is 1010. The third-order valence-electron chi connectivity index (χ3n) is 3.53. The maximum Gasteiger partial charge on any atom is 0.173 e. The maximum absolute atomic E-state index is 6.26. The van der Waals surface area contributed by atoms with E-state index in [1.165, 1.54) is 11.3 Å². The highest BCUT2D eigenvalue weighted by molar-refractivity contribution is 9.10. The van der Waals surface area contributed by atoms with Crippen molar-refractivity contribution in [3.63, 3.8) is 0 Å². The van der Waals surface area contributed by atoms with E-state index < -0.39 is 0 Å². The van der Waals surface area contributed by atoms with Crippen LogP contribution in [0.2, 0.25) is 5.02 Å². The van der Waals surface area contributed by atoms with Crippen molar-refractivity contribution < 1.29 is 0 Å². The summed E-state index contributed by atoms with van der Waals surface area (Å²) in [4.78, 5) is 10.3. The molecule has 0 unspecified atom stereocenters. The van der Waals surface area contributed by atoms with Gasteiger partial charge in [-0.3, -0.25) is 0 Å². The minimum atomic E-state index is 0.633. The number of hydrogen-bond acceptors (Lipinski definition) is 4. The second-order valence-electron chi connectivity index (χ2n) is 5.14. The second-order valence-corrected chi connectivity index (χ2v) is 7.38. The molecule has 4 rings (SSSR count). The molecule has 3 nitrogen and oxygen atoms in total. The molecule has 24 heavy (non-hydrogen) atoms. The maximum atomic E-state index is 6.26. The molecule has 0 spiro atoms. The van der Waals surface area contributed by atoms with Gasteiger partial charge in [0.05, 0.1) is 15.4 Å². The molecule has 0 aliphatic heterocycles. The van der Waals surface area contributed by atoms with E-state index in [9.17, 15) is 0 Å². The number of nitrogens with one attached hydrogen (secondary N) is 1. The first-order valence-corrected chi connectivity index (χ1v) is 9.28. The van der Waals surface area contributed by atoms with Crippen LogP contribution in [0.25, 0.3) is 21.6 Å². The Kier molecular flexibility index (Phi) is 4.22. The molecule has 0 saturated carbocycles. The molecule has 0 bridgehead atoms. The zero-order valence-corrected chi connectivity index (χ0v) is 15.5. The van der Waals surface area contributed by atoms with Gasteiger partial charge in [-0.2, -0.15) is 0 Å². The molecule has 0 radical (unpaired) electrons. The minimum Gasteiger partial charge on any atom is -0.340 e. The first kappa shape index (κ1) is 15.6. The number of thiophene rings is 1. The molecule has 0 amide bonds. The highest BCUT2D eigenvalue weighted by Gasteiger charge is 2.13. The molecule has 2 aromatic carbocycles. The summed E-state index contributed by atoms with van der Waals surface area (Å²) in [6.45, 7) is 0. The van der Waals surface area contributed by atoms with Crippen molar-refractivity contribution in [3.05, 3.63) is 69.5 Å². The second kappa shape index (κ2) is 6.51. The zero-order chi connectivity index (χ0) is 16.5. The smallest absolute Gasteiger partial charge is 0.173 e. The number of fused-ring (bicyclic) bond motifs is 1. The molecule has 0 aliphatic carbocycles. The third kappa shape index (κ3) is 3.02. The largest absolute Gasteiger partial charge is 0.340 e. The molecule has 0 saturated heterocycles. The van der Waals surface area contributed by atoms with Crippen LogP contribution >= 0.6 is 38.9 Å². The van der Waals surface area contributed by atoms with Crippen LogP contribution in [0.4, 0.5) is 11.5 Å². The SMILES string of the molecule is Clc1ccsc1-c1nc(Nc2ccc(Br)cc2)c2ccccc2n1. The zero-order valence-electron chi connectivity index (χ0n) is 12.3. The van der Waals surface area contributed by atoms with Crippen LogP contribution in [0.1, 0.15) is 0 Å². The molecule has 0 aliphatic rings. The van der Waals surface area contributed by atoms with Crippen LogP contribution in [0.3, 0.4) is 0 Å². The molecule has 118 valence electrons. The highest BCUT2D eigenvalue weighted by Crippen LogP contribution is 2.34. The molecule has 4 aromatic rings. The predicted octanol–water partition coefficient (Wildman–Crippen LogP) is 6.52. The summed E-state index contributed by atoms with van der Waals surface area (Å²) in [5.74, 6) is 1.40. The van der Waals surface area contributed by atoms with E-state index in [1.807, 2.05) is 60.0 Å². The fourth-order valence-corrected chi connectivity index (χ4v) is 3.73. The molecule has 2 heterocycles. The molecular weight excluding hydrogens is 406 g/mol. The van der Waals surface area contributed by atoms with Crippen LogP contribution in [0.5, 0.6) is 0 Å². The fourth-order valence-electron chi connectivity index (χ4n) is 2.40. The summed E-state index contributed by atoms with van der Waals surface area (Å²) in [7, 11) is 0. The summed E-state index contributed by atoms with van der Waals surface area (Å²) < 4.78 is 1.03. The number of aromatic nitrogens is 2. The van der Waals surface area contributed by atoms with Gasteiger partial charge in [-0.15, -0.1) is 11.3 Å². The number of hydrogen-bond donors (Lipinski definition) is 1. The van der Waals surface area contributed by atoms with Crippen molar-refractivity contribution in [1.29, 1.82) is 0 Å². The Balaban J connectivity index is 1.86. The lowest BCUT2D eigenvalue weighted by molar-refractivity contribution is 1.23. The molecular formula is C18H11BrClN3S. The van der Waals surface area contributed by atoms with Crippen molar-refractivity contribution in [2.75, 3.05) is 5.32 Å². The van der Waals surface area contributed by atoms with Gasteiger partial charge in [0.2, 0.25) is 0 Å². The van der Waals surface area contributed by atoms with E-state index in [4.69, 9.17) is 16.6 Å². The first-order valence-electron chi connectivity index (χ1n) is 7.23. The minimum absolute atomic E-state index is 0.633. The van der Waals surface area contributed by atoms with Crippen molar-refractivity contribution in [2.24, 2.45) is 0 Å². The van der Waals surface area contributed by atoms with E-state index in [0.29, 0.717) is 10.8 Å². The van der Waals surface area contributed by atoms with E-state index in [0.717, 1.165) is 31.8 Å². The molecule has 1 N–H and O–H groups in total. The number of nitrogens with zero attached hydrogens (tertiary/aromatic N) is 2. The number of anilines is 2. The van der Waals surface area contributed by atoms with Gasteiger partial charge >= 0.3 is 0 Å². The fraction of sp³-hybridized carbons (Fsp3) is 0. The standard InChI is InChI=1S/C18H11BrClN3S/c19-11-5-7-12(8-6-11)21-17-13-3-1-2-4-15(13)22-18(23-17)16-14(20)9-10-24-16/h1-10H,(H,21,22,23). The van der Waals surface area contributed by atoms with Crippen molar-refractivity contribution in [1.82, 2.24) is 9.97 Å². The quantitative estimate of drug-likeness (QED) is 0.413. The average molecular weight is 417 g/mol. The van der Waals surface area contributed by atoms with Gasteiger partial charge in [-0.1, -0.05) is 39.7 Å². The van der Waals surface area contributed by atoms with Crippen molar-refractivity contribution >= 4 is 61.3 Å². The summed E-state index contributed by atoms with van der Waals surface area (Å²) in [5, 5.41) is 6.97. The highest BCUT2D eigenvalue weighted by atomic mass is 79.9. The third-order valence-corrected chi connectivity index (χ3v) is 5.40. The summed E-state index contributed by atoms with van der Waals surface area (Å²) >= 11 is 11.2. The van der Waals surface area contributed by atoms with Gasteiger partial charge in [0.25, 0.3) is 0 Å². The van der Waals surface area contributed by atoms with Crippen LogP contribution in [0.15, 0.2) is 64.5 Å². The average Bonchev–Trinajstić information content (AvgIpc) is 3.03. The normalized spacial score (nSPS) is 10.9. The molecule has 0 atom stereocenters. The van der Waals surface area contributed by atoms with Gasteiger partial charge in [0, 0.05) is 15.5 Å². The number of para-hydroxylation sites is 1. The Morgan fingerprint density at radius 3 is 2.50 bits per heavy atom. The van der Waals surface area contributed by atoms with E-state index in [2.05, 4.69) is 26.2 Å². The number of rotatable bonds is 3. The van der Waals surface area contributed by atoms with Crippen LogP contribution in [-0.2, 0) is 0 Å². The topological polar surface area (TPSA) is 37.8 Å². The monoisotopic (exact) mass is 415 g/mol. The van der Waals surface area contributed by atoms with Crippen LogP contribution < -0.4 is 5.32 Å². The van der Waals surface area contributed by atoms with E-state index in [-0.39, 0.29) is 0 Å². The summed E-state index contributed by atoms with van der Waals surface area (Å²) in [5.41, 5.74) is 1.84. The van der Waals surface area contributed by atoms with Crippen LogP contribution in [-0.4, -0.2) is 9.97 Å². The number of benzene rings is 2. The summed E-state index contributed by atoms with van der Waals surface area (Å²) in [6, 6.07) is 17.8. The van der Waals surface area contributed by atoms with Gasteiger partial charge in [-0.25, -0.2) is 9.97 Å². The number of halogens is 2. The Labute approximate surface area is 156 Å². The van der Waals surface area contributed by atoms with Gasteiger partial charge < -0.3 is 5.32 Å². The molecule has 0 fully saturated rings. The lowest BCUT2D eigenvalue weighted by Crippen LogP contribution is -1.98. The van der Waals surface area contributed by atoms with Gasteiger partial charge in [0.15, 0.2) is 5.82 Å². The van der Waals surface area contributed by atoms with Gasteiger partial charge in [0.1, 0.15) is 5.82 Å². The van der Waals surface area contributed by atoms with E-state index in [1.54, 1.807) is 0 Å². The van der Waals surface area contributed by atoms with Crippen LogP contribution in [0, 0.1) is 0 Å². The van der Waals surface area contributed by atoms with E-state index >= 15 is 0 Å². The Morgan fingerprint density at radius 2 is 1.75 bits per heavy atom. The molecule has 6 heteroatoms. The Hall–Kier alpha value is -1.95. The first-order chi connectivity index (χ1) is 11.7. The summed E-state index contributed by atoms with van der Waals surface area (Å²) in [6.07, 6.45) is 0. The van der Waals surface area contributed by atoms with Crippen molar-refractivity contribution in [2.45, 2.75) is 0 Å². The van der Waals surface area contributed by atoms with Crippen molar-refractivity contribution in [3.8, 4) is 10.7 Å². The molecule has 2 aromatic heterocycles.